The third kappa shape index (κ3) is 2.46. The molecule has 0 bridgehead atoms. The molecule has 1 aromatic carbocycles. The Labute approximate surface area is 83.2 Å². The topological polar surface area (TPSA) is 93.0 Å². The number of benzene rings is 1. The van der Waals surface area contributed by atoms with Crippen molar-refractivity contribution in [2.24, 2.45) is 5.73 Å². The summed E-state index contributed by atoms with van der Waals surface area (Å²) >= 11 is 0. The van der Waals surface area contributed by atoms with E-state index in [-0.39, 0.29) is 17.8 Å². The van der Waals surface area contributed by atoms with Gasteiger partial charge in [0.2, 0.25) is 0 Å². The Morgan fingerprint density at radius 2 is 2.00 bits per heavy atom. The van der Waals surface area contributed by atoms with E-state index in [0.717, 1.165) is 0 Å². The predicted octanol–water partition coefficient (Wildman–Crippen LogP) is 1.35. The number of rotatable bonds is 3. The van der Waals surface area contributed by atoms with Crippen molar-refractivity contribution >= 4 is 11.5 Å². The van der Waals surface area contributed by atoms with Gasteiger partial charge in [0.25, 0.3) is 5.69 Å². The van der Waals surface area contributed by atoms with Crippen LogP contribution in [0.3, 0.4) is 0 Å². The second-order valence-electron chi connectivity index (χ2n) is 2.85. The van der Waals surface area contributed by atoms with Crippen LogP contribution in [0.1, 0.15) is 5.56 Å². The standard InChI is InChI=1S/C8H7F2N3O2/c9-5-1-4(2-8(11)12)7(13(14)15)3-6(5)10/h1,3H,2H2,(H3,11,12). The molecule has 80 valence electrons. The highest BCUT2D eigenvalue weighted by molar-refractivity contribution is 5.80. The summed E-state index contributed by atoms with van der Waals surface area (Å²) in [5.41, 5.74) is 4.33. The van der Waals surface area contributed by atoms with Gasteiger partial charge in [-0.1, -0.05) is 0 Å². The van der Waals surface area contributed by atoms with E-state index in [1.165, 1.54) is 0 Å². The normalized spacial score (nSPS) is 10.0. The van der Waals surface area contributed by atoms with Gasteiger partial charge in [-0.2, -0.15) is 0 Å². The molecule has 5 nitrogen and oxygen atoms in total. The average Bonchev–Trinajstić information content (AvgIpc) is 2.09. The van der Waals surface area contributed by atoms with Gasteiger partial charge >= 0.3 is 0 Å². The molecule has 1 aromatic rings. The summed E-state index contributed by atoms with van der Waals surface area (Å²) in [6.07, 6.45) is -0.284. The van der Waals surface area contributed by atoms with Gasteiger partial charge in [0.15, 0.2) is 11.6 Å². The van der Waals surface area contributed by atoms with Crippen molar-refractivity contribution in [1.29, 1.82) is 5.41 Å². The number of hydrogen-bond donors (Lipinski definition) is 2. The average molecular weight is 215 g/mol. The van der Waals surface area contributed by atoms with E-state index in [1.807, 2.05) is 0 Å². The van der Waals surface area contributed by atoms with Gasteiger partial charge in [-0.25, -0.2) is 8.78 Å². The van der Waals surface area contributed by atoms with Crippen LogP contribution in [0.5, 0.6) is 0 Å². The van der Waals surface area contributed by atoms with E-state index in [9.17, 15) is 18.9 Å². The molecular weight excluding hydrogens is 208 g/mol. The highest BCUT2D eigenvalue weighted by Gasteiger charge is 2.18. The summed E-state index contributed by atoms with van der Waals surface area (Å²) in [5.74, 6) is -2.85. The number of nitro groups is 1. The van der Waals surface area contributed by atoms with Crippen LogP contribution in [0.25, 0.3) is 0 Å². The maximum atomic E-state index is 12.8. The van der Waals surface area contributed by atoms with Gasteiger partial charge in [0, 0.05) is 12.0 Å². The zero-order valence-corrected chi connectivity index (χ0v) is 7.46. The highest BCUT2D eigenvalue weighted by Crippen LogP contribution is 2.22. The Morgan fingerprint density at radius 1 is 1.47 bits per heavy atom. The Kier molecular flexibility index (Phi) is 2.93. The van der Waals surface area contributed by atoms with Crippen LogP contribution in [0, 0.1) is 27.2 Å². The lowest BCUT2D eigenvalue weighted by Crippen LogP contribution is -2.14. The third-order valence-electron chi connectivity index (χ3n) is 1.70. The fourth-order valence-electron chi connectivity index (χ4n) is 1.09. The molecular formula is C8H7F2N3O2. The molecule has 3 N–H and O–H groups in total. The summed E-state index contributed by atoms with van der Waals surface area (Å²) in [4.78, 5) is 9.63. The molecule has 1 rings (SSSR count). The summed E-state index contributed by atoms with van der Waals surface area (Å²) in [6, 6.07) is 1.16. The van der Waals surface area contributed by atoms with Crippen molar-refractivity contribution in [2.75, 3.05) is 0 Å². The Bertz CT molecular complexity index is 434. The second-order valence-corrected chi connectivity index (χ2v) is 2.85. The fraction of sp³-hybridized carbons (Fsp3) is 0.125. The number of nitrogens with zero attached hydrogens (tertiary/aromatic N) is 1. The van der Waals surface area contributed by atoms with E-state index in [2.05, 4.69) is 0 Å². The van der Waals surface area contributed by atoms with Crippen molar-refractivity contribution < 1.29 is 13.7 Å². The highest BCUT2D eigenvalue weighted by atomic mass is 19.2. The van der Waals surface area contributed by atoms with Gasteiger partial charge in [-0.3, -0.25) is 15.5 Å². The maximum absolute atomic E-state index is 12.8. The van der Waals surface area contributed by atoms with Gasteiger partial charge in [0.05, 0.1) is 16.8 Å². The van der Waals surface area contributed by atoms with Crippen molar-refractivity contribution in [1.82, 2.24) is 0 Å². The smallest absolute Gasteiger partial charge is 0.276 e. The number of nitrogens with one attached hydrogen (secondary N) is 1. The lowest BCUT2D eigenvalue weighted by Gasteiger charge is -2.02. The minimum absolute atomic E-state index is 0.119. The van der Waals surface area contributed by atoms with Crippen molar-refractivity contribution in [3.8, 4) is 0 Å². The molecule has 7 heteroatoms. The van der Waals surface area contributed by atoms with Crippen molar-refractivity contribution in [3.63, 3.8) is 0 Å². The second kappa shape index (κ2) is 3.99. The van der Waals surface area contributed by atoms with E-state index in [4.69, 9.17) is 11.1 Å². The molecule has 0 fully saturated rings. The van der Waals surface area contributed by atoms with Crippen LogP contribution in [0.15, 0.2) is 12.1 Å². The van der Waals surface area contributed by atoms with Gasteiger partial charge in [0.1, 0.15) is 0 Å². The van der Waals surface area contributed by atoms with E-state index in [0.29, 0.717) is 12.1 Å². The molecule has 0 spiro atoms. The third-order valence-corrected chi connectivity index (χ3v) is 1.70. The monoisotopic (exact) mass is 215 g/mol. The first-order valence-corrected chi connectivity index (χ1v) is 3.87. The molecule has 0 aliphatic rings. The quantitative estimate of drug-likeness (QED) is 0.345. The Hall–Kier alpha value is -2.05. The van der Waals surface area contributed by atoms with Crippen LogP contribution in [0.4, 0.5) is 14.5 Å². The summed E-state index contributed by atoms with van der Waals surface area (Å²) in [7, 11) is 0. The predicted molar refractivity (Wildman–Crippen MR) is 48.6 cm³/mol. The first-order chi connectivity index (χ1) is 6.91. The lowest BCUT2D eigenvalue weighted by atomic mass is 10.1. The molecule has 0 saturated carbocycles. The fourth-order valence-corrected chi connectivity index (χ4v) is 1.09. The first kappa shape index (κ1) is 11.0. The lowest BCUT2D eigenvalue weighted by molar-refractivity contribution is -0.385. The SMILES string of the molecule is N=C(N)Cc1cc(F)c(F)cc1[N+](=O)[O-]. The zero-order valence-electron chi connectivity index (χ0n) is 7.46. The molecule has 15 heavy (non-hydrogen) atoms. The summed E-state index contributed by atoms with van der Waals surface area (Å²) in [5, 5.41) is 17.4. The summed E-state index contributed by atoms with van der Waals surface area (Å²) < 4.78 is 25.5. The van der Waals surface area contributed by atoms with Crippen molar-refractivity contribution in [2.45, 2.75) is 6.42 Å². The van der Waals surface area contributed by atoms with Gasteiger partial charge in [-0.15, -0.1) is 0 Å². The molecule has 0 amide bonds. The molecule has 0 heterocycles. The van der Waals surface area contributed by atoms with Crippen molar-refractivity contribution in [3.05, 3.63) is 39.4 Å². The molecule has 0 aliphatic heterocycles. The van der Waals surface area contributed by atoms with E-state index >= 15 is 0 Å². The number of halogens is 2. The molecule has 0 atom stereocenters. The van der Waals surface area contributed by atoms with E-state index in [1.54, 1.807) is 0 Å². The van der Waals surface area contributed by atoms with Crippen LogP contribution >= 0.6 is 0 Å². The van der Waals surface area contributed by atoms with Crippen LogP contribution in [-0.4, -0.2) is 10.8 Å². The Balaban J connectivity index is 3.28. The number of nitro benzene ring substituents is 1. The molecule has 0 saturated heterocycles. The summed E-state index contributed by atoms with van der Waals surface area (Å²) in [6.45, 7) is 0. The van der Waals surface area contributed by atoms with Crippen LogP contribution in [-0.2, 0) is 6.42 Å². The Morgan fingerprint density at radius 3 is 2.47 bits per heavy atom. The minimum Gasteiger partial charge on any atom is -0.387 e. The molecule has 0 unspecified atom stereocenters. The zero-order chi connectivity index (χ0) is 11.6. The van der Waals surface area contributed by atoms with Gasteiger partial charge < -0.3 is 5.73 Å². The van der Waals surface area contributed by atoms with E-state index < -0.39 is 22.2 Å². The van der Waals surface area contributed by atoms with Crippen LogP contribution in [0.2, 0.25) is 0 Å². The molecule has 0 aromatic heterocycles. The molecule has 0 aliphatic carbocycles. The minimum atomic E-state index is -1.30. The van der Waals surface area contributed by atoms with Crippen LogP contribution < -0.4 is 5.73 Å². The number of hydrogen-bond acceptors (Lipinski definition) is 3. The number of amidine groups is 1. The first-order valence-electron chi connectivity index (χ1n) is 3.87. The largest absolute Gasteiger partial charge is 0.387 e. The number of nitrogens with two attached hydrogens (primary N) is 1. The van der Waals surface area contributed by atoms with Gasteiger partial charge in [-0.05, 0) is 6.07 Å². The molecule has 0 radical (unpaired) electrons. The maximum Gasteiger partial charge on any atom is 0.276 e.